The lowest BCUT2D eigenvalue weighted by molar-refractivity contribution is -0.147. The maximum Gasteiger partial charge on any atom is 0.247 e. The number of aromatic nitrogens is 2. The zero-order valence-corrected chi connectivity index (χ0v) is 19.0. The van der Waals surface area contributed by atoms with Gasteiger partial charge in [-0.1, -0.05) is 26.0 Å². The van der Waals surface area contributed by atoms with Crippen LogP contribution in [0.1, 0.15) is 57.9 Å². The summed E-state index contributed by atoms with van der Waals surface area (Å²) in [6.07, 6.45) is 7.40. The van der Waals surface area contributed by atoms with Crippen molar-refractivity contribution in [2.45, 2.75) is 58.1 Å². The van der Waals surface area contributed by atoms with Crippen LogP contribution in [0.25, 0.3) is 11.0 Å². The van der Waals surface area contributed by atoms with Gasteiger partial charge in [0.1, 0.15) is 18.0 Å². The lowest BCUT2D eigenvalue weighted by atomic mass is 9.85. The first kappa shape index (κ1) is 21.8. The maximum atomic E-state index is 13.4. The third-order valence-corrected chi connectivity index (χ3v) is 6.85. The molecule has 0 spiro atoms. The highest BCUT2D eigenvalue weighted by Gasteiger charge is 2.51. The van der Waals surface area contributed by atoms with Crippen LogP contribution in [-0.4, -0.2) is 45.2 Å². The summed E-state index contributed by atoms with van der Waals surface area (Å²) in [5.74, 6) is -0.527. The molecule has 0 saturated carbocycles. The van der Waals surface area contributed by atoms with Crippen LogP contribution in [0.4, 0.5) is 5.69 Å². The molecule has 2 aromatic rings. The van der Waals surface area contributed by atoms with E-state index in [1.165, 1.54) is 4.90 Å². The normalized spacial score (nSPS) is 25.8. The fraction of sp³-hybridized carbons (Fsp3) is 0.520. The molecule has 2 aliphatic heterocycles. The minimum Gasteiger partial charge on any atom is -0.370 e. The van der Waals surface area contributed by atoms with Crippen molar-refractivity contribution in [3.8, 4) is 0 Å². The zero-order valence-electron chi connectivity index (χ0n) is 19.0. The van der Waals surface area contributed by atoms with E-state index in [9.17, 15) is 14.4 Å². The first-order valence-electron chi connectivity index (χ1n) is 11.9. The Labute approximate surface area is 192 Å². The van der Waals surface area contributed by atoms with E-state index in [0.29, 0.717) is 24.9 Å². The van der Waals surface area contributed by atoms with Crippen LogP contribution in [0, 0.1) is 17.8 Å². The van der Waals surface area contributed by atoms with Gasteiger partial charge in [-0.2, -0.15) is 0 Å². The monoisotopic (exact) mass is 450 g/mol. The number of hydrogen-bond acceptors (Lipinski definition) is 5. The van der Waals surface area contributed by atoms with Gasteiger partial charge in [-0.25, -0.2) is 4.98 Å². The predicted molar refractivity (Wildman–Crippen MR) is 123 cm³/mol. The summed E-state index contributed by atoms with van der Waals surface area (Å²) in [6.45, 7) is 4.72. The van der Waals surface area contributed by atoms with Gasteiger partial charge in [-0.15, -0.1) is 0 Å². The highest BCUT2D eigenvalue weighted by atomic mass is 16.5. The Kier molecular flexibility index (Phi) is 5.78. The number of likely N-dealkylation sites (tertiary alicyclic amines) is 1. The van der Waals surface area contributed by atoms with Gasteiger partial charge in [-0.05, 0) is 56.2 Å². The summed E-state index contributed by atoms with van der Waals surface area (Å²) >= 11 is 0. The number of anilines is 1. The van der Waals surface area contributed by atoms with Gasteiger partial charge in [-0.3, -0.25) is 19.3 Å². The van der Waals surface area contributed by atoms with Gasteiger partial charge in [0.25, 0.3) is 0 Å². The second-order valence-electron chi connectivity index (χ2n) is 9.69. The van der Waals surface area contributed by atoms with Crippen LogP contribution in [0.5, 0.6) is 0 Å². The lowest BCUT2D eigenvalue weighted by Gasteiger charge is -2.27. The molecule has 8 nitrogen and oxygen atoms in total. The Morgan fingerprint density at radius 3 is 2.58 bits per heavy atom. The van der Waals surface area contributed by atoms with Crippen molar-refractivity contribution in [2.75, 3.05) is 11.9 Å². The number of nitrogens with one attached hydrogen (secondary N) is 2. The molecule has 1 aromatic carbocycles. The summed E-state index contributed by atoms with van der Waals surface area (Å²) in [5, 5.41) is 2.94. The van der Waals surface area contributed by atoms with Crippen molar-refractivity contribution in [1.29, 1.82) is 0 Å². The minimum atomic E-state index is -0.824. The highest BCUT2D eigenvalue weighted by Crippen LogP contribution is 2.37. The van der Waals surface area contributed by atoms with Crippen molar-refractivity contribution in [2.24, 2.45) is 17.8 Å². The van der Waals surface area contributed by atoms with Crippen LogP contribution in [-0.2, 0) is 19.1 Å². The number of rotatable bonds is 6. The molecule has 174 valence electrons. The van der Waals surface area contributed by atoms with Crippen molar-refractivity contribution < 1.29 is 19.1 Å². The molecule has 3 amide bonds. The summed E-state index contributed by atoms with van der Waals surface area (Å²) in [5.41, 5.74) is 2.21. The summed E-state index contributed by atoms with van der Waals surface area (Å²) in [6, 6.07) is 4.66. The largest absolute Gasteiger partial charge is 0.370 e. The number of imide groups is 1. The van der Waals surface area contributed by atoms with E-state index in [2.05, 4.69) is 15.3 Å². The molecule has 2 fully saturated rings. The van der Waals surface area contributed by atoms with Crippen LogP contribution in [0.15, 0.2) is 30.4 Å². The molecular formula is C25H30N4O4. The summed E-state index contributed by atoms with van der Waals surface area (Å²) in [7, 11) is 0. The Morgan fingerprint density at radius 2 is 1.94 bits per heavy atom. The van der Waals surface area contributed by atoms with Gasteiger partial charge in [0.2, 0.25) is 17.7 Å². The van der Waals surface area contributed by atoms with Gasteiger partial charge < -0.3 is 15.0 Å². The van der Waals surface area contributed by atoms with Gasteiger partial charge in [0.15, 0.2) is 0 Å². The number of fused-ring (bicyclic) bond motifs is 2. The number of amides is 3. The fourth-order valence-corrected chi connectivity index (χ4v) is 5.19. The first-order chi connectivity index (χ1) is 15.9. The number of hydrogen-bond donors (Lipinski definition) is 2. The van der Waals surface area contributed by atoms with E-state index in [1.54, 1.807) is 6.07 Å². The number of carbonyl (C=O) groups excluding carboxylic acids is 3. The number of H-pyrrole nitrogens is 1. The number of benzene rings is 1. The third kappa shape index (κ3) is 4.08. The third-order valence-electron chi connectivity index (χ3n) is 6.85. The molecule has 0 radical (unpaired) electrons. The zero-order chi connectivity index (χ0) is 23.1. The molecular weight excluding hydrogens is 420 g/mol. The predicted octanol–water partition coefficient (Wildman–Crippen LogP) is 3.72. The molecule has 0 bridgehead atoms. The molecule has 3 aliphatic rings. The molecule has 2 saturated heterocycles. The van der Waals surface area contributed by atoms with E-state index >= 15 is 0 Å². The Bertz CT molecular complexity index is 1090. The molecule has 4 atom stereocenters. The Balaban J connectivity index is 1.37. The van der Waals surface area contributed by atoms with E-state index in [-0.39, 0.29) is 41.6 Å². The van der Waals surface area contributed by atoms with Crippen molar-refractivity contribution in [3.63, 3.8) is 0 Å². The van der Waals surface area contributed by atoms with Crippen LogP contribution < -0.4 is 5.32 Å². The number of ether oxygens (including phenoxy) is 1. The molecule has 3 heterocycles. The van der Waals surface area contributed by atoms with Gasteiger partial charge in [0.05, 0.1) is 22.9 Å². The quantitative estimate of drug-likeness (QED) is 0.516. The molecule has 5 rings (SSSR count). The Hall–Kier alpha value is -3.00. The number of carbonyl (C=O) groups is 3. The average Bonchev–Trinajstić information content (AvgIpc) is 3.51. The first-order valence-corrected chi connectivity index (χ1v) is 11.9. The number of nitrogens with zero attached hydrogens (tertiary/aromatic N) is 2. The highest BCUT2D eigenvalue weighted by molar-refractivity contribution is 6.10. The Morgan fingerprint density at radius 1 is 1.21 bits per heavy atom. The smallest absolute Gasteiger partial charge is 0.247 e. The molecule has 8 heteroatoms. The van der Waals surface area contributed by atoms with Crippen LogP contribution in [0.2, 0.25) is 0 Å². The molecule has 1 aromatic heterocycles. The maximum absolute atomic E-state index is 13.4. The molecule has 33 heavy (non-hydrogen) atoms. The summed E-state index contributed by atoms with van der Waals surface area (Å²) < 4.78 is 5.71. The minimum absolute atomic E-state index is 0.0175. The topological polar surface area (TPSA) is 104 Å². The van der Waals surface area contributed by atoms with Crippen molar-refractivity contribution in [1.82, 2.24) is 14.9 Å². The van der Waals surface area contributed by atoms with Crippen molar-refractivity contribution in [3.05, 3.63) is 36.2 Å². The van der Waals surface area contributed by atoms with E-state index in [1.807, 2.05) is 38.1 Å². The number of imidazole rings is 1. The second kappa shape index (κ2) is 8.74. The molecule has 4 unspecified atom stereocenters. The van der Waals surface area contributed by atoms with Gasteiger partial charge >= 0.3 is 0 Å². The van der Waals surface area contributed by atoms with E-state index in [4.69, 9.17) is 4.74 Å². The molecule has 1 aliphatic carbocycles. The fourth-order valence-electron chi connectivity index (χ4n) is 5.19. The molecule has 2 N–H and O–H groups in total. The summed E-state index contributed by atoms with van der Waals surface area (Å²) in [4.78, 5) is 48.7. The van der Waals surface area contributed by atoms with E-state index < -0.39 is 6.04 Å². The van der Waals surface area contributed by atoms with Crippen LogP contribution in [0.3, 0.4) is 0 Å². The lowest BCUT2D eigenvalue weighted by Crippen LogP contribution is -2.48. The SMILES string of the molecule is CC(C)CC(C(=O)Nc1ccc2nc(C3CCCO3)[nH]c2c1)N1C(=O)C2CC=CCC2C1=O. The average molecular weight is 451 g/mol. The second-order valence-corrected chi connectivity index (χ2v) is 9.69. The van der Waals surface area contributed by atoms with E-state index in [0.717, 1.165) is 36.3 Å². The van der Waals surface area contributed by atoms with Crippen LogP contribution >= 0.6 is 0 Å². The van der Waals surface area contributed by atoms with Gasteiger partial charge in [0, 0.05) is 12.3 Å². The number of allylic oxidation sites excluding steroid dienone is 2. The standard InChI is InChI=1S/C25H30N4O4/c1-14(2)12-20(29-24(31)16-6-3-4-7-17(16)25(29)32)23(30)26-15-9-10-18-19(13-15)28-22(27-18)21-8-5-11-33-21/h3-4,9-10,13-14,16-17,20-21H,5-8,11-12H2,1-2H3,(H,26,30)(H,27,28). The number of aromatic amines is 1. The van der Waals surface area contributed by atoms with Crippen molar-refractivity contribution >= 4 is 34.4 Å².